The lowest BCUT2D eigenvalue weighted by Crippen LogP contribution is -2.38. The third-order valence-corrected chi connectivity index (χ3v) is 5.20. The zero-order valence-corrected chi connectivity index (χ0v) is 15.5. The van der Waals surface area contributed by atoms with E-state index in [-0.39, 0.29) is 5.97 Å². The van der Waals surface area contributed by atoms with Crippen LogP contribution in [0.15, 0.2) is 77.8 Å². The monoisotopic (exact) mass is 357 g/mol. The molecule has 1 aliphatic heterocycles. The van der Waals surface area contributed by atoms with E-state index in [1.165, 1.54) is 10.8 Å². The summed E-state index contributed by atoms with van der Waals surface area (Å²) < 4.78 is 5.43. The maximum atomic E-state index is 12.9. The summed E-state index contributed by atoms with van der Waals surface area (Å²) in [6.07, 6.45) is 2.03. The van der Waals surface area contributed by atoms with Crippen LogP contribution in [0.5, 0.6) is 0 Å². The van der Waals surface area contributed by atoms with E-state index in [9.17, 15) is 4.79 Å². The third-order valence-electron chi connectivity index (χ3n) is 5.20. The Morgan fingerprint density at radius 1 is 1.00 bits per heavy atom. The fourth-order valence-electron chi connectivity index (χ4n) is 3.83. The Kier molecular flexibility index (Phi) is 4.76. The van der Waals surface area contributed by atoms with Gasteiger partial charge in [0.2, 0.25) is 0 Å². The van der Waals surface area contributed by atoms with Crippen molar-refractivity contribution in [3.05, 3.63) is 83.9 Å². The van der Waals surface area contributed by atoms with Gasteiger partial charge in [0, 0.05) is 12.1 Å². The van der Waals surface area contributed by atoms with Crippen LogP contribution in [-0.2, 0) is 16.0 Å². The zero-order valence-electron chi connectivity index (χ0n) is 15.5. The van der Waals surface area contributed by atoms with Gasteiger partial charge in [-0.1, -0.05) is 72.8 Å². The standard InChI is InChI=1S/C24H23NO2/c1-2-27-23(26)24(15-14-22(25-24)20-9-4-3-5-10-20)17-18-12-13-19-8-6-7-11-21(19)16-18/h3-13,16H,2,14-15,17H2,1H3/t24-/m1/s1. The molecule has 136 valence electrons. The van der Waals surface area contributed by atoms with Gasteiger partial charge in [0.15, 0.2) is 5.54 Å². The van der Waals surface area contributed by atoms with E-state index >= 15 is 0 Å². The molecule has 3 aromatic rings. The van der Waals surface area contributed by atoms with E-state index in [1.807, 2.05) is 37.3 Å². The predicted molar refractivity (Wildman–Crippen MR) is 109 cm³/mol. The van der Waals surface area contributed by atoms with Crippen molar-refractivity contribution in [3.63, 3.8) is 0 Å². The van der Waals surface area contributed by atoms with Crippen LogP contribution in [0.2, 0.25) is 0 Å². The van der Waals surface area contributed by atoms with Gasteiger partial charge in [-0.25, -0.2) is 4.79 Å². The Labute approximate surface area is 159 Å². The molecule has 1 aliphatic rings. The third kappa shape index (κ3) is 3.50. The van der Waals surface area contributed by atoms with Gasteiger partial charge < -0.3 is 4.74 Å². The number of benzene rings is 3. The fraction of sp³-hybridized carbons (Fsp3) is 0.250. The predicted octanol–water partition coefficient (Wildman–Crippen LogP) is 4.97. The topological polar surface area (TPSA) is 38.7 Å². The molecule has 0 unspecified atom stereocenters. The summed E-state index contributed by atoms with van der Waals surface area (Å²) in [5.41, 5.74) is 2.36. The lowest BCUT2D eigenvalue weighted by atomic mass is 9.88. The fourth-order valence-corrected chi connectivity index (χ4v) is 3.83. The summed E-state index contributed by atoms with van der Waals surface area (Å²) in [6.45, 7) is 2.22. The number of carbonyl (C=O) groups excluding carboxylic acids is 1. The van der Waals surface area contributed by atoms with E-state index in [1.54, 1.807) is 0 Å². The molecule has 1 atom stereocenters. The first kappa shape index (κ1) is 17.5. The Hall–Kier alpha value is -2.94. The maximum absolute atomic E-state index is 12.9. The van der Waals surface area contributed by atoms with Crippen molar-refractivity contribution >= 4 is 22.5 Å². The molecule has 27 heavy (non-hydrogen) atoms. The van der Waals surface area contributed by atoms with Crippen LogP contribution in [0.4, 0.5) is 0 Å². The van der Waals surface area contributed by atoms with Crippen molar-refractivity contribution < 1.29 is 9.53 Å². The van der Waals surface area contributed by atoms with Crippen molar-refractivity contribution in [2.75, 3.05) is 6.61 Å². The van der Waals surface area contributed by atoms with Crippen LogP contribution >= 0.6 is 0 Å². The van der Waals surface area contributed by atoms with E-state index in [0.717, 1.165) is 23.3 Å². The van der Waals surface area contributed by atoms with E-state index in [0.29, 0.717) is 19.4 Å². The van der Waals surface area contributed by atoms with Gasteiger partial charge in [0.1, 0.15) is 0 Å². The highest BCUT2D eigenvalue weighted by molar-refractivity contribution is 6.04. The van der Waals surface area contributed by atoms with Gasteiger partial charge in [-0.3, -0.25) is 4.99 Å². The van der Waals surface area contributed by atoms with E-state index < -0.39 is 5.54 Å². The van der Waals surface area contributed by atoms with Crippen LogP contribution < -0.4 is 0 Å². The minimum Gasteiger partial charge on any atom is -0.464 e. The van der Waals surface area contributed by atoms with Gasteiger partial charge in [-0.2, -0.15) is 0 Å². The largest absolute Gasteiger partial charge is 0.464 e. The number of hydrogen-bond donors (Lipinski definition) is 0. The molecule has 0 spiro atoms. The van der Waals surface area contributed by atoms with Gasteiger partial charge >= 0.3 is 5.97 Å². The minimum atomic E-state index is -0.830. The highest BCUT2D eigenvalue weighted by Gasteiger charge is 2.43. The average Bonchev–Trinajstić information content (AvgIpc) is 3.14. The van der Waals surface area contributed by atoms with E-state index in [2.05, 4.69) is 42.5 Å². The molecule has 0 fully saturated rings. The molecule has 0 radical (unpaired) electrons. The highest BCUT2D eigenvalue weighted by Crippen LogP contribution is 2.34. The molecule has 3 aromatic carbocycles. The van der Waals surface area contributed by atoms with E-state index in [4.69, 9.17) is 9.73 Å². The van der Waals surface area contributed by atoms with Gasteiger partial charge in [-0.15, -0.1) is 0 Å². The summed E-state index contributed by atoms with van der Waals surface area (Å²) in [5, 5.41) is 2.38. The van der Waals surface area contributed by atoms with Crippen LogP contribution in [0.1, 0.15) is 30.9 Å². The summed E-state index contributed by atoms with van der Waals surface area (Å²) in [4.78, 5) is 17.8. The molecule has 4 rings (SSSR count). The van der Waals surface area contributed by atoms with Crippen LogP contribution in [0, 0.1) is 0 Å². The number of rotatable bonds is 5. The van der Waals surface area contributed by atoms with Crippen molar-refractivity contribution in [1.82, 2.24) is 0 Å². The molecule has 0 bridgehead atoms. The second kappa shape index (κ2) is 7.36. The Bertz CT molecular complexity index is 993. The number of esters is 1. The molecule has 0 N–H and O–H groups in total. The van der Waals surface area contributed by atoms with Crippen LogP contribution in [0.3, 0.4) is 0 Å². The maximum Gasteiger partial charge on any atom is 0.334 e. The summed E-state index contributed by atoms with van der Waals surface area (Å²) in [7, 11) is 0. The van der Waals surface area contributed by atoms with Crippen molar-refractivity contribution in [3.8, 4) is 0 Å². The van der Waals surface area contributed by atoms with Gasteiger partial charge in [0.25, 0.3) is 0 Å². The summed E-state index contributed by atoms with van der Waals surface area (Å²) in [6, 6.07) is 24.7. The van der Waals surface area contributed by atoms with Crippen molar-refractivity contribution in [2.45, 2.75) is 31.7 Å². The molecule has 0 amide bonds. The lowest BCUT2D eigenvalue weighted by Gasteiger charge is -2.24. The Balaban J connectivity index is 1.71. The normalized spacial score (nSPS) is 19.1. The number of aliphatic imine (C=N–C) groups is 1. The molecule has 3 heteroatoms. The number of fused-ring (bicyclic) bond motifs is 1. The molecule has 1 heterocycles. The smallest absolute Gasteiger partial charge is 0.334 e. The number of carbonyl (C=O) groups is 1. The molecule has 0 saturated heterocycles. The number of hydrogen-bond acceptors (Lipinski definition) is 3. The molecular weight excluding hydrogens is 334 g/mol. The second-order valence-corrected chi connectivity index (χ2v) is 7.03. The molecule has 3 nitrogen and oxygen atoms in total. The van der Waals surface area contributed by atoms with Gasteiger partial charge in [0.05, 0.1) is 6.61 Å². The Morgan fingerprint density at radius 2 is 1.74 bits per heavy atom. The first-order valence-electron chi connectivity index (χ1n) is 9.49. The summed E-state index contributed by atoms with van der Waals surface area (Å²) in [5.74, 6) is -0.218. The number of nitrogens with zero attached hydrogens (tertiary/aromatic N) is 1. The minimum absolute atomic E-state index is 0.218. The highest BCUT2D eigenvalue weighted by atomic mass is 16.5. The molecule has 0 aliphatic carbocycles. The SMILES string of the molecule is CCOC(=O)[C@]1(Cc2ccc3ccccc3c2)CCC(c2ccccc2)=N1. The number of ether oxygens (including phenoxy) is 1. The summed E-state index contributed by atoms with van der Waals surface area (Å²) >= 11 is 0. The van der Waals surface area contributed by atoms with Crippen LogP contribution in [-0.4, -0.2) is 23.8 Å². The Morgan fingerprint density at radius 3 is 2.52 bits per heavy atom. The first-order valence-corrected chi connectivity index (χ1v) is 9.49. The lowest BCUT2D eigenvalue weighted by molar-refractivity contribution is -0.149. The zero-order chi connectivity index (χ0) is 18.7. The average molecular weight is 357 g/mol. The molecule has 0 saturated carbocycles. The first-order chi connectivity index (χ1) is 13.2. The molecular formula is C24H23NO2. The quantitative estimate of drug-likeness (QED) is 0.605. The van der Waals surface area contributed by atoms with Crippen molar-refractivity contribution in [1.29, 1.82) is 0 Å². The second-order valence-electron chi connectivity index (χ2n) is 7.03. The van der Waals surface area contributed by atoms with Crippen molar-refractivity contribution in [2.24, 2.45) is 4.99 Å². The van der Waals surface area contributed by atoms with Crippen LogP contribution in [0.25, 0.3) is 10.8 Å². The molecule has 0 aromatic heterocycles. The van der Waals surface area contributed by atoms with Gasteiger partial charge in [-0.05, 0) is 41.7 Å².